The number of nitrogens with zero attached hydrogens (tertiary/aromatic N) is 1. The van der Waals surface area contributed by atoms with Crippen molar-refractivity contribution in [2.24, 2.45) is 0 Å². The minimum Gasteiger partial charge on any atom is -0.462 e. The molecule has 0 saturated carbocycles. The van der Waals surface area contributed by atoms with E-state index in [1.165, 1.54) is 11.3 Å². The molecule has 1 aromatic heterocycles. The Morgan fingerprint density at radius 1 is 1.23 bits per heavy atom. The topological polar surface area (TPSA) is 90.9 Å². The first kappa shape index (κ1) is 22.1. The number of carbonyl (C=O) groups excluding carboxylic acids is 2. The van der Waals surface area contributed by atoms with Crippen LogP contribution in [0, 0.1) is 0 Å². The van der Waals surface area contributed by atoms with E-state index in [-0.39, 0.29) is 25.2 Å². The number of piperidine rings is 1. The Labute approximate surface area is 181 Å². The van der Waals surface area contributed by atoms with Gasteiger partial charge in [-0.05, 0) is 44.4 Å². The Hall–Kier alpha value is -2.58. The molecule has 3 N–H and O–H groups in total. The second-order valence-electron chi connectivity index (χ2n) is 7.17. The van der Waals surface area contributed by atoms with Gasteiger partial charge in [0, 0.05) is 18.0 Å². The zero-order valence-corrected chi connectivity index (χ0v) is 18.3. The van der Waals surface area contributed by atoms with Crippen LogP contribution in [0.25, 0.3) is 0 Å². The predicted octanol–water partition coefficient (Wildman–Crippen LogP) is 3.50. The molecule has 0 atom stereocenters. The van der Waals surface area contributed by atoms with Crippen molar-refractivity contribution in [3.05, 3.63) is 40.8 Å². The number of carbonyl (C=O) groups is 2. The molecule has 0 spiro atoms. The summed E-state index contributed by atoms with van der Waals surface area (Å²) >= 11 is 1.40. The van der Waals surface area contributed by atoms with Gasteiger partial charge in [-0.25, -0.2) is 4.79 Å². The molecular weight excluding hydrogens is 402 g/mol. The van der Waals surface area contributed by atoms with Gasteiger partial charge in [-0.1, -0.05) is 19.1 Å². The lowest BCUT2D eigenvalue weighted by molar-refractivity contribution is -0.114. The van der Waals surface area contributed by atoms with Gasteiger partial charge in [-0.2, -0.15) is 0 Å². The SMILES string of the molecule is CCOC(=O)c1cc(CC)sc1NC(=O)CNc1ccccc1N1CCC(O)CC1. The van der Waals surface area contributed by atoms with Gasteiger partial charge >= 0.3 is 5.97 Å². The van der Waals surface area contributed by atoms with Gasteiger partial charge in [-0.3, -0.25) is 4.79 Å². The summed E-state index contributed by atoms with van der Waals surface area (Å²) in [6.45, 7) is 5.69. The number of para-hydroxylation sites is 2. The van der Waals surface area contributed by atoms with Crippen LogP contribution in [0.15, 0.2) is 30.3 Å². The number of rotatable bonds is 8. The molecule has 1 amide bonds. The fourth-order valence-electron chi connectivity index (χ4n) is 3.42. The third-order valence-electron chi connectivity index (χ3n) is 5.03. The summed E-state index contributed by atoms with van der Waals surface area (Å²) < 4.78 is 5.11. The maximum atomic E-state index is 12.6. The molecule has 2 heterocycles. The number of aryl methyl sites for hydroxylation is 1. The summed E-state index contributed by atoms with van der Waals surface area (Å²) in [6.07, 6.45) is 2.02. The quantitative estimate of drug-likeness (QED) is 0.554. The lowest BCUT2D eigenvalue weighted by atomic mass is 10.1. The predicted molar refractivity (Wildman–Crippen MR) is 121 cm³/mol. The Kier molecular flexibility index (Phi) is 7.70. The molecule has 162 valence electrons. The first-order valence-electron chi connectivity index (χ1n) is 10.4. The van der Waals surface area contributed by atoms with Crippen LogP contribution in [0.2, 0.25) is 0 Å². The highest BCUT2D eigenvalue weighted by molar-refractivity contribution is 7.16. The zero-order valence-electron chi connectivity index (χ0n) is 17.4. The van der Waals surface area contributed by atoms with E-state index in [9.17, 15) is 14.7 Å². The van der Waals surface area contributed by atoms with Crippen molar-refractivity contribution in [3.63, 3.8) is 0 Å². The van der Waals surface area contributed by atoms with Crippen LogP contribution < -0.4 is 15.5 Å². The first-order valence-corrected chi connectivity index (χ1v) is 11.2. The molecule has 30 heavy (non-hydrogen) atoms. The van der Waals surface area contributed by atoms with Crippen molar-refractivity contribution < 1.29 is 19.4 Å². The largest absolute Gasteiger partial charge is 0.462 e. The number of hydrogen-bond donors (Lipinski definition) is 3. The normalized spacial score (nSPS) is 14.4. The highest BCUT2D eigenvalue weighted by atomic mass is 32.1. The Bertz CT molecular complexity index is 875. The van der Waals surface area contributed by atoms with E-state index in [1.54, 1.807) is 13.0 Å². The van der Waals surface area contributed by atoms with E-state index in [4.69, 9.17) is 4.74 Å². The number of aliphatic hydroxyl groups is 1. The van der Waals surface area contributed by atoms with Gasteiger partial charge in [0.25, 0.3) is 0 Å². The number of benzene rings is 1. The highest BCUT2D eigenvalue weighted by Gasteiger charge is 2.21. The first-order chi connectivity index (χ1) is 14.5. The number of anilines is 3. The van der Waals surface area contributed by atoms with Crippen molar-refractivity contribution in [3.8, 4) is 0 Å². The van der Waals surface area contributed by atoms with E-state index >= 15 is 0 Å². The van der Waals surface area contributed by atoms with Crippen LogP contribution in [0.1, 0.15) is 41.9 Å². The van der Waals surface area contributed by atoms with Crippen LogP contribution in [0.5, 0.6) is 0 Å². The molecule has 0 aliphatic carbocycles. The van der Waals surface area contributed by atoms with Crippen LogP contribution in [0.3, 0.4) is 0 Å². The molecule has 7 nitrogen and oxygen atoms in total. The number of esters is 1. The van der Waals surface area contributed by atoms with E-state index in [0.29, 0.717) is 10.6 Å². The lowest BCUT2D eigenvalue weighted by Crippen LogP contribution is -2.36. The van der Waals surface area contributed by atoms with Crippen molar-refractivity contribution in [2.45, 2.75) is 39.2 Å². The van der Waals surface area contributed by atoms with Crippen molar-refractivity contribution in [2.75, 3.05) is 41.8 Å². The van der Waals surface area contributed by atoms with Gasteiger partial charge in [0.15, 0.2) is 0 Å². The van der Waals surface area contributed by atoms with Crippen molar-refractivity contribution >= 4 is 39.6 Å². The van der Waals surface area contributed by atoms with Crippen LogP contribution in [0.4, 0.5) is 16.4 Å². The number of amides is 1. The smallest absolute Gasteiger partial charge is 0.341 e. The fraction of sp³-hybridized carbons (Fsp3) is 0.455. The summed E-state index contributed by atoms with van der Waals surface area (Å²) in [5, 5.41) is 16.3. The third kappa shape index (κ3) is 5.52. The monoisotopic (exact) mass is 431 g/mol. The zero-order chi connectivity index (χ0) is 21.5. The van der Waals surface area contributed by atoms with Gasteiger partial charge in [0.2, 0.25) is 5.91 Å². The highest BCUT2D eigenvalue weighted by Crippen LogP contribution is 2.30. The van der Waals surface area contributed by atoms with Crippen LogP contribution in [-0.4, -0.2) is 49.3 Å². The Morgan fingerprint density at radius 2 is 1.97 bits per heavy atom. The van der Waals surface area contributed by atoms with Gasteiger partial charge in [0.1, 0.15) is 5.00 Å². The van der Waals surface area contributed by atoms with Gasteiger partial charge in [0.05, 0.1) is 36.2 Å². The second kappa shape index (κ2) is 10.4. The summed E-state index contributed by atoms with van der Waals surface area (Å²) in [6, 6.07) is 9.64. The van der Waals surface area contributed by atoms with E-state index in [2.05, 4.69) is 15.5 Å². The van der Waals surface area contributed by atoms with E-state index in [0.717, 1.165) is 48.6 Å². The third-order valence-corrected chi connectivity index (χ3v) is 6.22. The number of nitrogens with one attached hydrogen (secondary N) is 2. The lowest BCUT2D eigenvalue weighted by Gasteiger charge is -2.32. The molecule has 0 bridgehead atoms. The Balaban J connectivity index is 1.65. The summed E-state index contributed by atoms with van der Waals surface area (Å²) in [5.74, 6) is -0.650. The molecule has 1 saturated heterocycles. The molecule has 1 aromatic carbocycles. The molecule has 1 fully saturated rings. The number of hydrogen-bond acceptors (Lipinski definition) is 7. The average molecular weight is 432 g/mol. The second-order valence-corrected chi connectivity index (χ2v) is 8.30. The maximum absolute atomic E-state index is 12.6. The molecule has 2 aromatic rings. The molecule has 8 heteroatoms. The van der Waals surface area contributed by atoms with Crippen LogP contribution >= 0.6 is 11.3 Å². The summed E-state index contributed by atoms with van der Waals surface area (Å²) in [5.41, 5.74) is 2.29. The number of thiophene rings is 1. The number of aliphatic hydroxyl groups excluding tert-OH is 1. The summed E-state index contributed by atoms with van der Waals surface area (Å²) in [4.78, 5) is 28.0. The molecule has 0 radical (unpaired) electrons. The van der Waals surface area contributed by atoms with Gasteiger partial charge < -0.3 is 25.4 Å². The maximum Gasteiger partial charge on any atom is 0.341 e. The van der Waals surface area contributed by atoms with E-state index in [1.807, 2.05) is 31.2 Å². The Morgan fingerprint density at radius 3 is 2.67 bits per heavy atom. The molecule has 3 rings (SSSR count). The molecular formula is C22H29N3O4S. The van der Waals surface area contributed by atoms with Crippen molar-refractivity contribution in [1.29, 1.82) is 0 Å². The minimum atomic E-state index is -0.422. The van der Waals surface area contributed by atoms with Crippen molar-refractivity contribution in [1.82, 2.24) is 0 Å². The minimum absolute atomic E-state index is 0.0785. The molecule has 0 unspecified atom stereocenters. The molecule has 1 aliphatic heterocycles. The fourth-order valence-corrected chi connectivity index (χ4v) is 4.42. The summed E-state index contributed by atoms with van der Waals surface area (Å²) in [7, 11) is 0. The standard InChI is InChI=1S/C22H29N3O4S/c1-3-16-13-17(22(28)29-4-2)21(30-16)24-20(27)14-23-18-7-5-6-8-19(18)25-11-9-15(26)10-12-25/h5-8,13,15,23,26H,3-4,9-12,14H2,1-2H3,(H,24,27). The van der Waals surface area contributed by atoms with Crippen LogP contribution in [-0.2, 0) is 16.0 Å². The molecule has 1 aliphatic rings. The average Bonchev–Trinajstić information content (AvgIpc) is 3.16. The van der Waals surface area contributed by atoms with E-state index < -0.39 is 5.97 Å². The number of ether oxygens (including phenoxy) is 1. The van der Waals surface area contributed by atoms with Gasteiger partial charge in [-0.15, -0.1) is 11.3 Å².